The molecular formula is C12H16BNO2. The van der Waals surface area contributed by atoms with E-state index in [0.717, 1.165) is 12.8 Å². The zero-order chi connectivity index (χ0) is 11.2. The Morgan fingerprint density at radius 2 is 1.62 bits per heavy atom. The van der Waals surface area contributed by atoms with Gasteiger partial charge in [0.05, 0.1) is 18.8 Å². The Balaban J connectivity index is 1.79. The summed E-state index contributed by atoms with van der Waals surface area (Å²) in [6, 6.07) is 8.42. The Hall–Kier alpha value is -0.835. The Bertz CT molecular complexity index is 390. The van der Waals surface area contributed by atoms with Crippen LogP contribution in [0.5, 0.6) is 0 Å². The molecule has 1 aromatic rings. The molecule has 84 valence electrons. The maximum atomic E-state index is 6.37. The lowest BCUT2D eigenvalue weighted by molar-refractivity contribution is -0.239. The highest BCUT2D eigenvalue weighted by Gasteiger charge is 2.57. The lowest BCUT2D eigenvalue weighted by atomic mass is 9.67. The molecule has 0 amide bonds. The first-order valence-corrected chi connectivity index (χ1v) is 5.76. The van der Waals surface area contributed by atoms with E-state index in [2.05, 4.69) is 32.1 Å². The first-order chi connectivity index (χ1) is 7.62. The fourth-order valence-corrected chi connectivity index (χ4v) is 2.70. The van der Waals surface area contributed by atoms with Crippen LogP contribution in [-0.4, -0.2) is 26.8 Å². The van der Waals surface area contributed by atoms with Gasteiger partial charge in [0.25, 0.3) is 0 Å². The molecule has 2 aliphatic rings. The van der Waals surface area contributed by atoms with Gasteiger partial charge < -0.3 is 15.2 Å². The number of ether oxygens (including phenoxy) is 2. The maximum Gasteiger partial charge on any atom is 0.172 e. The Morgan fingerprint density at radius 3 is 2.19 bits per heavy atom. The van der Waals surface area contributed by atoms with Crippen LogP contribution in [0.15, 0.2) is 24.3 Å². The summed E-state index contributed by atoms with van der Waals surface area (Å²) < 4.78 is 11.2. The van der Waals surface area contributed by atoms with Crippen molar-refractivity contribution in [3.63, 3.8) is 0 Å². The highest BCUT2D eigenvalue weighted by molar-refractivity contribution is 6.32. The van der Waals surface area contributed by atoms with Gasteiger partial charge in [0.15, 0.2) is 5.79 Å². The van der Waals surface area contributed by atoms with Crippen molar-refractivity contribution < 1.29 is 9.47 Å². The van der Waals surface area contributed by atoms with E-state index in [1.807, 2.05) is 0 Å². The number of benzene rings is 1. The van der Waals surface area contributed by atoms with Gasteiger partial charge in [0.1, 0.15) is 7.85 Å². The molecular weight excluding hydrogens is 201 g/mol. The van der Waals surface area contributed by atoms with E-state index in [0.29, 0.717) is 13.2 Å². The first-order valence-electron chi connectivity index (χ1n) is 5.76. The van der Waals surface area contributed by atoms with Crippen molar-refractivity contribution in [1.29, 1.82) is 0 Å². The lowest BCUT2D eigenvalue weighted by Gasteiger charge is -2.50. The van der Waals surface area contributed by atoms with Gasteiger partial charge in [-0.15, -0.1) is 0 Å². The average molecular weight is 217 g/mol. The molecule has 0 aromatic heterocycles. The molecule has 1 heterocycles. The minimum atomic E-state index is -0.375. The van der Waals surface area contributed by atoms with Gasteiger partial charge >= 0.3 is 0 Å². The van der Waals surface area contributed by atoms with E-state index in [-0.39, 0.29) is 11.3 Å². The van der Waals surface area contributed by atoms with Crippen LogP contribution in [0, 0.1) is 0 Å². The Morgan fingerprint density at radius 1 is 1.06 bits per heavy atom. The SMILES string of the molecule is Bc1ccc(C2(N)CC3(C2)OCCO3)cc1. The van der Waals surface area contributed by atoms with Gasteiger partial charge in [-0.2, -0.15) is 0 Å². The maximum absolute atomic E-state index is 6.37. The average Bonchev–Trinajstić information content (AvgIpc) is 2.66. The van der Waals surface area contributed by atoms with Crippen LogP contribution < -0.4 is 11.2 Å². The van der Waals surface area contributed by atoms with Crippen molar-refractivity contribution in [3.8, 4) is 0 Å². The van der Waals surface area contributed by atoms with Gasteiger partial charge in [-0.1, -0.05) is 29.7 Å². The minimum absolute atomic E-state index is 0.266. The zero-order valence-electron chi connectivity index (χ0n) is 9.53. The molecule has 1 saturated heterocycles. The second kappa shape index (κ2) is 3.33. The van der Waals surface area contributed by atoms with Crippen LogP contribution in [0.1, 0.15) is 18.4 Å². The van der Waals surface area contributed by atoms with E-state index >= 15 is 0 Å². The van der Waals surface area contributed by atoms with Gasteiger partial charge in [-0.25, -0.2) is 0 Å². The largest absolute Gasteiger partial charge is 0.347 e. The monoisotopic (exact) mass is 217 g/mol. The number of hydrogen-bond acceptors (Lipinski definition) is 3. The van der Waals surface area contributed by atoms with E-state index in [4.69, 9.17) is 15.2 Å². The molecule has 0 radical (unpaired) electrons. The van der Waals surface area contributed by atoms with Crippen molar-refractivity contribution in [1.82, 2.24) is 0 Å². The van der Waals surface area contributed by atoms with E-state index < -0.39 is 0 Å². The summed E-state index contributed by atoms with van der Waals surface area (Å²) in [6.45, 7) is 1.40. The summed E-state index contributed by atoms with van der Waals surface area (Å²) in [7, 11) is 2.08. The van der Waals surface area contributed by atoms with Crippen LogP contribution in [-0.2, 0) is 15.0 Å². The predicted octanol–water partition coefficient (Wildman–Crippen LogP) is -0.364. The molecule has 0 unspecified atom stereocenters. The molecule has 1 aliphatic heterocycles. The van der Waals surface area contributed by atoms with Gasteiger partial charge in [0, 0.05) is 12.8 Å². The highest BCUT2D eigenvalue weighted by atomic mass is 16.7. The van der Waals surface area contributed by atoms with Crippen LogP contribution >= 0.6 is 0 Å². The molecule has 1 aliphatic carbocycles. The minimum Gasteiger partial charge on any atom is -0.347 e. The summed E-state index contributed by atoms with van der Waals surface area (Å²) in [5.41, 5.74) is 8.55. The molecule has 2 fully saturated rings. The van der Waals surface area contributed by atoms with Crippen molar-refractivity contribution in [2.24, 2.45) is 5.73 Å². The van der Waals surface area contributed by atoms with Crippen molar-refractivity contribution in [2.75, 3.05) is 13.2 Å². The molecule has 3 nitrogen and oxygen atoms in total. The Labute approximate surface area is 96.3 Å². The summed E-state index contributed by atoms with van der Waals surface area (Å²) >= 11 is 0. The van der Waals surface area contributed by atoms with E-state index in [9.17, 15) is 0 Å². The second-order valence-corrected chi connectivity index (χ2v) is 4.98. The normalized spacial score (nSPS) is 25.6. The van der Waals surface area contributed by atoms with Crippen LogP contribution in [0.3, 0.4) is 0 Å². The summed E-state index contributed by atoms with van der Waals surface area (Å²) in [6.07, 6.45) is 1.53. The fraction of sp³-hybridized carbons (Fsp3) is 0.500. The number of nitrogens with two attached hydrogens (primary N) is 1. The summed E-state index contributed by atoms with van der Waals surface area (Å²) in [5, 5.41) is 0. The number of hydrogen-bond donors (Lipinski definition) is 1. The third-order valence-corrected chi connectivity index (χ3v) is 3.61. The third-order valence-electron chi connectivity index (χ3n) is 3.61. The molecule has 0 atom stereocenters. The standard InChI is InChI=1S/C12H16BNO2/c13-10-3-1-9(2-4-10)11(14)7-12(8-11)15-5-6-16-12/h1-4H,5-8,13-14H2. The highest BCUT2D eigenvalue weighted by Crippen LogP contribution is 2.50. The quantitative estimate of drug-likeness (QED) is 0.653. The van der Waals surface area contributed by atoms with E-state index in [1.54, 1.807) is 0 Å². The number of rotatable bonds is 1. The molecule has 1 saturated carbocycles. The van der Waals surface area contributed by atoms with Gasteiger partial charge in [-0.05, 0) is 5.56 Å². The molecule has 2 N–H and O–H groups in total. The third kappa shape index (κ3) is 1.49. The van der Waals surface area contributed by atoms with Crippen LogP contribution in [0.25, 0.3) is 0 Å². The summed E-state index contributed by atoms with van der Waals surface area (Å²) in [4.78, 5) is 0. The van der Waals surface area contributed by atoms with Gasteiger partial charge in [-0.3, -0.25) is 0 Å². The van der Waals surface area contributed by atoms with Crippen molar-refractivity contribution in [2.45, 2.75) is 24.2 Å². The predicted molar refractivity (Wildman–Crippen MR) is 64.4 cm³/mol. The van der Waals surface area contributed by atoms with Crippen LogP contribution in [0.2, 0.25) is 0 Å². The summed E-state index contributed by atoms with van der Waals surface area (Å²) in [5.74, 6) is -0.375. The van der Waals surface area contributed by atoms with Crippen molar-refractivity contribution in [3.05, 3.63) is 29.8 Å². The van der Waals surface area contributed by atoms with Crippen LogP contribution in [0.4, 0.5) is 0 Å². The second-order valence-electron chi connectivity index (χ2n) is 4.98. The lowest BCUT2D eigenvalue weighted by Crippen LogP contribution is -2.60. The zero-order valence-corrected chi connectivity index (χ0v) is 9.53. The smallest absolute Gasteiger partial charge is 0.172 e. The fourth-order valence-electron chi connectivity index (χ4n) is 2.70. The molecule has 4 heteroatoms. The topological polar surface area (TPSA) is 44.5 Å². The molecule has 1 spiro atoms. The van der Waals surface area contributed by atoms with Gasteiger partial charge in [0.2, 0.25) is 0 Å². The molecule has 0 bridgehead atoms. The molecule has 3 rings (SSSR count). The molecule has 16 heavy (non-hydrogen) atoms. The first kappa shape index (κ1) is 10.3. The van der Waals surface area contributed by atoms with Crippen molar-refractivity contribution >= 4 is 13.3 Å². The molecule has 1 aromatic carbocycles. The Kier molecular flexibility index (Phi) is 2.15. The van der Waals surface area contributed by atoms with E-state index in [1.165, 1.54) is 11.0 Å².